The first-order chi connectivity index (χ1) is 7.35. The van der Waals surface area contributed by atoms with Crippen LogP contribution in [-0.2, 0) is 11.2 Å². The Labute approximate surface area is 90.8 Å². The minimum atomic E-state index is 0.261. The minimum Gasteiger partial charge on any atom is -0.472 e. The second-order valence-electron chi connectivity index (χ2n) is 4.49. The van der Waals surface area contributed by atoms with Crippen LogP contribution in [0.5, 0.6) is 0 Å². The maximum atomic E-state index is 5.62. The molecule has 1 aliphatic heterocycles. The van der Waals surface area contributed by atoms with E-state index in [-0.39, 0.29) is 5.41 Å². The van der Waals surface area contributed by atoms with Crippen LogP contribution in [0.25, 0.3) is 0 Å². The second-order valence-corrected chi connectivity index (χ2v) is 4.49. The molecule has 1 fully saturated rings. The van der Waals surface area contributed by atoms with Gasteiger partial charge in [-0.25, -0.2) is 0 Å². The van der Waals surface area contributed by atoms with Crippen LogP contribution in [0.2, 0.25) is 0 Å². The second kappa shape index (κ2) is 4.81. The number of rotatable bonds is 4. The molecule has 1 saturated heterocycles. The molecule has 2 heterocycles. The fraction of sp³-hybridized carbons (Fsp3) is 0.667. The normalized spacial score (nSPS) is 26.7. The van der Waals surface area contributed by atoms with Gasteiger partial charge in [0, 0.05) is 18.6 Å². The fourth-order valence-electron chi connectivity index (χ4n) is 2.45. The maximum absolute atomic E-state index is 5.62. The summed E-state index contributed by atoms with van der Waals surface area (Å²) in [7, 11) is 2.01. The van der Waals surface area contributed by atoms with E-state index in [4.69, 9.17) is 9.15 Å². The Hall–Kier alpha value is -0.800. The zero-order valence-corrected chi connectivity index (χ0v) is 9.29. The molecule has 0 bridgehead atoms. The molecule has 1 aromatic heterocycles. The molecule has 0 radical (unpaired) electrons. The largest absolute Gasteiger partial charge is 0.472 e. The van der Waals surface area contributed by atoms with Crippen molar-refractivity contribution >= 4 is 0 Å². The number of hydrogen-bond donors (Lipinski definition) is 1. The molecule has 0 spiro atoms. The van der Waals surface area contributed by atoms with Crippen LogP contribution in [0.4, 0.5) is 0 Å². The van der Waals surface area contributed by atoms with E-state index in [1.165, 1.54) is 18.4 Å². The van der Waals surface area contributed by atoms with Gasteiger partial charge in [0.25, 0.3) is 0 Å². The van der Waals surface area contributed by atoms with Gasteiger partial charge in [0.15, 0.2) is 0 Å². The molecule has 3 heteroatoms. The van der Waals surface area contributed by atoms with Crippen molar-refractivity contribution < 1.29 is 9.15 Å². The maximum Gasteiger partial charge on any atom is 0.0934 e. The van der Waals surface area contributed by atoms with Crippen molar-refractivity contribution in [2.75, 3.05) is 26.8 Å². The highest BCUT2D eigenvalue weighted by Crippen LogP contribution is 2.32. The summed E-state index contributed by atoms with van der Waals surface area (Å²) in [6.07, 6.45) is 7.03. The molecule has 0 aliphatic carbocycles. The summed E-state index contributed by atoms with van der Waals surface area (Å²) in [5, 5.41) is 3.28. The molecule has 0 aromatic carbocycles. The third-order valence-corrected chi connectivity index (χ3v) is 3.12. The van der Waals surface area contributed by atoms with E-state index in [1.54, 1.807) is 6.26 Å². The molecule has 0 amide bonds. The summed E-state index contributed by atoms with van der Waals surface area (Å²) in [5.74, 6) is 0. The predicted octanol–water partition coefficient (Wildman–Crippen LogP) is 1.84. The van der Waals surface area contributed by atoms with Gasteiger partial charge in [-0.1, -0.05) is 0 Å². The van der Waals surface area contributed by atoms with Crippen molar-refractivity contribution in [1.29, 1.82) is 0 Å². The van der Waals surface area contributed by atoms with Gasteiger partial charge < -0.3 is 14.5 Å². The summed E-state index contributed by atoms with van der Waals surface area (Å²) < 4.78 is 10.7. The first kappa shape index (κ1) is 10.7. The Morgan fingerprint density at radius 1 is 1.53 bits per heavy atom. The summed E-state index contributed by atoms with van der Waals surface area (Å²) in [6, 6.07) is 2.05. The van der Waals surface area contributed by atoms with Crippen LogP contribution in [-0.4, -0.2) is 26.8 Å². The van der Waals surface area contributed by atoms with Crippen LogP contribution in [0.15, 0.2) is 23.0 Å². The molecule has 1 aromatic rings. The lowest BCUT2D eigenvalue weighted by molar-refractivity contribution is -0.00629. The lowest BCUT2D eigenvalue weighted by atomic mass is 9.77. The van der Waals surface area contributed by atoms with Gasteiger partial charge in [-0.15, -0.1) is 0 Å². The molecule has 1 atom stereocenters. The highest BCUT2D eigenvalue weighted by Gasteiger charge is 2.32. The van der Waals surface area contributed by atoms with Gasteiger partial charge in [0.05, 0.1) is 19.1 Å². The van der Waals surface area contributed by atoms with Crippen LogP contribution in [0, 0.1) is 5.41 Å². The molecule has 84 valence electrons. The average molecular weight is 209 g/mol. The minimum absolute atomic E-state index is 0.261. The monoisotopic (exact) mass is 209 g/mol. The molecular formula is C12H19NO2. The van der Waals surface area contributed by atoms with Gasteiger partial charge in [0.2, 0.25) is 0 Å². The predicted molar refractivity (Wildman–Crippen MR) is 58.8 cm³/mol. The van der Waals surface area contributed by atoms with E-state index < -0.39 is 0 Å². The van der Waals surface area contributed by atoms with E-state index >= 15 is 0 Å². The summed E-state index contributed by atoms with van der Waals surface area (Å²) in [5.41, 5.74) is 1.53. The lowest BCUT2D eigenvalue weighted by Crippen LogP contribution is -2.41. The van der Waals surface area contributed by atoms with Crippen LogP contribution in [0.1, 0.15) is 18.4 Å². The molecule has 0 saturated carbocycles. The van der Waals surface area contributed by atoms with Crippen molar-refractivity contribution in [1.82, 2.24) is 5.32 Å². The highest BCUT2D eigenvalue weighted by molar-refractivity contribution is 5.09. The highest BCUT2D eigenvalue weighted by atomic mass is 16.5. The number of ether oxygens (including phenoxy) is 1. The molecule has 3 nitrogen and oxygen atoms in total. The summed E-state index contributed by atoms with van der Waals surface area (Å²) in [6.45, 7) is 2.79. The standard InChI is InChI=1S/C12H19NO2/c1-13-9-12(4-2-5-15-10-12)7-11-3-6-14-8-11/h3,6,8,13H,2,4-5,7,9-10H2,1H3. The number of nitrogens with one attached hydrogen (secondary N) is 1. The number of hydrogen-bond acceptors (Lipinski definition) is 3. The van der Waals surface area contributed by atoms with Crippen molar-refractivity contribution in [3.05, 3.63) is 24.2 Å². The zero-order chi connectivity index (χ0) is 10.6. The zero-order valence-electron chi connectivity index (χ0n) is 9.29. The van der Waals surface area contributed by atoms with Gasteiger partial charge >= 0.3 is 0 Å². The van der Waals surface area contributed by atoms with Gasteiger partial charge in [-0.05, 0) is 37.9 Å². The van der Waals surface area contributed by atoms with Crippen LogP contribution >= 0.6 is 0 Å². The molecule has 1 N–H and O–H groups in total. The third kappa shape index (κ3) is 2.61. The fourth-order valence-corrected chi connectivity index (χ4v) is 2.45. The number of furan rings is 1. The first-order valence-corrected chi connectivity index (χ1v) is 5.58. The van der Waals surface area contributed by atoms with Gasteiger partial charge in [0.1, 0.15) is 0 Å². The van der Waals surface area contributed by atoms with Crippen LogP contribution in [0.3, 0.4) is 0 Å². The quantitative estimate of drug-likeness (QED) is 0.821. The van der Waals surface area contributed by atoms with E-state index in [0.717, 1.165) is 26.2 Å². The van der Waals surface area contributed by atoms with Gasteiger partial charge in [-0.2, -0.15) is 0 Å². The molecule has 1 aliphatic rings. The molecule has 15 heavy (non-hydrogen) atoms. The lowest BCUT2D eigenvalue weighted by Gasteiger charge is -2.36. The molecule has 2 rings (SSSR count). The molecular weight excluding hydrogens is 190 g/mol. The topological polar surface area (TPSA) is 34.4 Å². The van der Waals surface area contributed by atoms with Gasteiger partial charge in [-0.3, -0.25) is 0 Å². The van der Waals surface area contributed by atoms with Crippen LogP contribution < -0.4 is 5.32 Å². The Kier molecular flexibility index (Phi) is 3.44. The SMILES string of the molecule is CNCC1(Cc2ccoc2)CCCOC1. The van der Waals surface area contributed by atoms with E-state index in [9.17, 15) is 0 Å². The summed E-state index contributed by atoms with van der Waals surface area (Å²) >= 11 is 0. The van der Waals surface area contributed by atoms with Crippen molar-refractivity contribution in [2.45, 2.75) is 19.3 Å². The Balaban J connectivity index is 2.04. The van der Waals surface area contributed by atoms with Crippen molar-refractivity contribution in [2.24, 2.45) is 5.41 Å². The van der Waals surface area contributed by atoms with Crippen molar-refractivity contribution in [3.8, 4) is 0 Å². The van der Waals surface area contributed by atoms with Crippen molar-refractivity contribution in [3.63, 3.8) is 0 Å². The van der Waals surface area contributed by atoms with E-state index in [2.05, 4.69) is 5.32 Å². The first-order valence-electron chi connectivity index (χ1n) is 5.58. The Morgan fingerprint density at radius 2 is 2.47 bits per heavy atom. The van der Waals surface area contributed by atoms with E-state index in [1.807, 2.05) is 19.4 Å². The Bertz CT molecular complexity index is 270. The smallest absolute Gasteiger partial charge is 0.0934 e. The van der Waals surface area contributed by atoms with E-state index in [0.29, 0.717) is 0 Å². The molecule has 1 unspecified atom stereocenters. The summed E-state index contributed by atoms with van der Waals surface area (Å²) in [4.78, 5) is 0. The average Bonchev–Trinajstić information content (AvgIpc) is 2.72. The third-order valence-electron chi connectivity index (χ3n) is 3.12. The Morgan fingerprint density at radius 3 is 3.07 bits per heavy atom.